The first-order valence-electron chi connectivity index (χ1n) is 14.5. The highest BCUT2D eigenvalue weighted by Crippen LogP contribution is 2.37. The Balaban J connectivity index is 2.42. The lowest BCUT2D eigenvalue weighted by Crippen LogP contribution is -2.49. The summed E-state index contributed by atoms with van der Waals surface area (Å²) in [6, 6.07) is 6.99. The zero-order chi connectivity index (χ0) is 29.0. The average molecular weight is 562 g/mol. The van der Waals surface area contributed by atoms with Gasteiger partial charge in [-0.1, -0.05) is 76.8 Å². The number of nitrogens with zero attached hydrogens (tertiary/aromatic N) is 1. The summed E-state index contributed by atoms with van der Waals surface area (Å²) in [5.74, 6) is -2.77. The molecule has 1 aromatic rings. The second-order valence-corrected chi connectivity index (χ2v) is 10.2. The van der Waals surface area contributed by atoms with Crippen LogP contribution in [0.5, 0.6) is 5.75 Å². The van der Waals surface area contributed by atoms with E-state index in [9.17, 15) is 18.0 Å². The zero-order valence-corrected chi connectivity index (χ0v) is 24.2. The van der Waals surface area contributed by atoms with Crippen LogP contribution in [0.1, 0.15) is 96.0 Å². The molecule has 0 fully saturated rings. The Morgan fingerprint density at radius 3 is 1.87 bits per heavy atom. The van der Waals surface area contributed by atoms with E-state index in [1.54, 1.807) is 24.3 Å². The number of aryl methyl sites for hydroxylation is 1. The van der Waals surface area contributed by atoms with E-state index >= 15 is 0 Å². The Labute approximate surface area is 233 Å². The van der Waals surface area contributed by atoms with Gasteiger partial charge in [0.2, 0.25) is 0 Å². The van der Waals surface area contributed by atoms with E-state index in [1.807, 2.05) is 0 Å². The molecule has 0 unspecified atom stereocenters. The SMILES string of the molecule is CCCCCCCCCCCCN(CCCC(=O)O)CCOc1ccc(CCC(OC)(OC)C(F)(F)F)cc1. The van der Waals surface area contributed by atoms with Crippen molar-refractivity contribution < 1.29 is 37.3 Å². The molecule has 39 heavy (non-hydrogen) atoms. The number of carboxylic acids is 1. The summed E-state index contributed by atoms with van der Waals surface area (Å²) in [6.07, 6.45) is 8.61. The molecule has 0 aliphatic heterocycles. The van der Waals surface area contributed by atoms with E-state index in [1.165, 1.54) is 57.8 Å². The van der Waals surface area contributed by atoms with E-state index in [4.69, 9.17) is 9.84 Å². The zero-order valence-electron chi connectivity index (χ0n) is 24.2. The third-order valence-corrected chi connectivity index (χ3v) is 7.13. The monoisotopic (exact) mass is 561 g/mol. The number of benzene rings is 1. The largest absolute Gasteiger partial charge is 0.492 e. The lowest BCUT2D eigenvalue weighted by Gasteiger charge is -2.32. The van der Waals surface area contributed by atoms with Crippen molar-refractivity contribution in [3.8, 4) is 5.75 Å². The number of carboxylic acid groups (broad SMARTS) is 1. The van der Waals surface area contributed by atoms with Gasteiger partial charge in [-0.05, 0) is 50.0 Å². The normalized spacial score (nSPS) is 12.3. The minimum Gasteiger partial charge on any atom is -0.492 e. The van der Waals surface area contributed by atoms with Crippen LogP contribution in [-0.4, -0.2) is 68.4 Å². The van der Waals surface area contributed by atoms with Gasteiger partial charge in [-0.15, -0.1) is 0 Å². The molecule has 1 rings (SSSR count). The summed E-state index contributed by atoms with van der Waals surface area (Å²) < 4.78 is 55.3. The quantitative estimate of drug-likeness (QED) is 0.103. The number of alkyl halides is 3. The number of rotatable bonds is 24. The Morgan fingerprint density at radius 2 is 1.36 bits per heavy atom. The molecule has 6 nitrogen and oxygen atoms in total. The van der Waals surface area contributed by atoms with Crippen molar-refractivity contribution in [1.29, 1.82) is 0 Å². The van der Waals surface area contributed by atoms with Crippen LogP contribution in [0.4, 0.5) is 13.2 Å². The number of aliphatic carboxylic acids is 1. The van der Waals surface area contributed by atoms with E-state index in [0.717, 1.165) is 32.7 Å². The molecule has 0 saturated carbocycles. The van der Waals surface area contributed by atoms with Gasteiger partial charge in [0.15, 0.2) is 0 Å². The van der Waals surface area contributed by atoms with Crippen molar-refractivity contribution >= 4 is 5.97 Å². The van der Waals surface area contributed by atoms with Crippen LogP contribution in [0.25, 0.3) is 0 Å². The van der Waals surface area contributed by atoms with E-state index in [0.29, 0.717) is 31.9 Å². The summed E-state index contributed by atoms with van der Waals surface area (Å²) >= 11 is 0. The Hall–Kier alpha value is -1.84. The van der Waals surface area contributed by atoms with Gasteiger partial charge in [-0.25, -0.2) is 0 Å². The number of methoxy groups -OCH3 is 2. The molecular weight excluding hydrogens is 511 g/mol. The smallest absolute Gasteiger partial charge is 0.443 e. The fraction of sp³-hybridized carbons (Fsp3) is 0.767. The molecule has 0 radical (unpaired) electrons. The number of ether oxygens (including phenoxy) is 3. The second kappa shape index (κ2) is 20.1. The van der Waals surface area contributed by atoms with E-state index in [-0.39, 0.29) is 19.3 Å². The predicted molar refractivity (Wildman–Crippen MR) is 148 cm³/mol. The molecule has 0 heterocycles. The molecule has 0 spiro atoms. The van der Waals surface area contributed by atoms with Gasteiger partial charge < -0.3 is 19.3 Å². The first kappa shape index (κ1) is 35.2. The van der Waals surface area contributed by atoms with Crippen LogP contribution in [0.3, 0.4) is 0 Å². The molecule has 1 aromatic carbocycles. The minimum absolute atomic E-state index is 0.137. The molecule has 0 aromatic heterocycles. The maximum atomic E-state index is 13.4. The molecule has 0 aliphatic rings. The van der Waals surface area contributed by atoms with E-state index < -0.39 is 17.9 Å². The van der Waals surface area contributed by atoms with Gasteiger partial charge >= 0.3 is 12.1 Å². The lowest BCUT2D eigenvalue weighted by atomic mass is 10.0. The molecule has 0 atom stereocenters. The predicted octanol–water partition coefficient (Wildman–Crippen LogP) is 7.64. The third kappa shape index (κ3) is 14.9. The highest BCUT2D eigenvalue weighted by atomic mass is 19.4. The first-order valence-corrected chi connectivity index (χ1v) is 14.5. The van der Waals surface area contributed by atoms with Crippen LogP contribution in [0.15, 0.2) is 24.3 Å². The molecule has 0 aliphatic carbocycles. The standard InChI is InChI=1S/C30H50F3NO5/c1-4-5-6-7-8-9-10-11-12-13-22-34(23-14-15-28(35)36)24-25-39-27-18-16-26(17-19-27)20-21-29(37-2,38-3)30(31,32)33/h16-19H,4-15,20-25H2,1-3H3,(H,35,36). The van der Waals surface area contributed by atoms with Gasteiger partial charge in [-0.2, -0.15) is 13.2 Å². The summed E-state index contributed by atoms with van der Waals surface area (Å²) in [5.41, 5.74) is 0.723. The van der Waals surface area contributed by atoms with Crippen molar-refractivity contribution in [3.63, 3.8) is 0 Å². The lowest BCUT2D eigenvalue weighted by molar-refractivity contribution is -0.368. The average Bonchev–Trinajstić information content (AvgIpc) is 2.90. The van der Waals surface area contributed by atoms with Gasteiger partial charge in [0.25, 0.3) is 5.79 Å². The van der Waals surface area contributed by atoms with Crippen LogP contribution < -0.4 is 4.74 Å². The molecule has 0 amide bonds. The fourth-order valence-corrected chi connectivity index (χ4v) is 4.63. The molecule has 226 valence electrons. The molecule has 0 saturated heterocycles. The maximum Gasteiger partial charge on any atom is 0.443 e. The maximum absolute atomic E-state index is 13.4. The van der Waals surface area contributed by atoms with Crippen molar-refractivity contribution in [1.82, 2.24) is 4.90 Å². The Kier molecular flexibility index (Phi) is 18.1. The number of unbranched alkanes of at least 4 members (excludes halogenated alkanes) is 9. The van der Waals surface area contributed by atoms with Crippen LogP contribution in [0, 0.1) is 0 Å². The summed E-state index contributed by atoms with van der Waals surface area (Å²) in [7, 11) is 1.99. The van der Waals surface area contributed by atoms with Crippen molar-refractivity contribution in [2.24, 2.45) is 0 Å². The highest BCUT2D eigenvalue weighted by molar-refractivity contribution is 5.66. The van der Waals surface area contributed by atoms with Crippen LogP contribution in [0.2, 0.25) is 0 Å². The number of carbonyl (C=O) groups is 1. The molecule has 0 bridgehead atoms. The molecule has 1 N–H and O–H groups in total. The number of halogens is 3. The summed E-state index contributed by atoms with van der Waals surface area (Å²) in [5, 5.41) is 8.98. The Bertz CT molecular complexity index is 754. The molecule has 9 heteroatoms. The third-order valence-electron chi connectivity index (χ3n) is 7.13. The van der Waals surface area contributed by atoms with Gasteiger partial charge in [0.1, 0.15) is 12.4 Å². The number of hydrogen-bond donors (Lipinski definition) is 1. The first-order chi connectivity index (χ1) is 18.7. The summed E-state index contributed by atoms with van der Waals surface area (Å²) in [6.45, 7) is 5.01. The highest BCUT2D eigenvalue weighted by Gasteiger charge is 2.56. The van der Waals surface area contributed by atoms with Crippen molar-refractivity contribution in [2.45, 2.75) is 109 Å². The van der Waals surface area contributed by atoms with E-state index in [2.05, 4.69) is 21.3 Å². The van der Waals surface area contributed by atoms with Gasteiger partial charge in [-0.3, -0.25) is 9.69 Å². The van der Waals surface area contributed by atoms with Crippen LogP contribution in [-0.2, 0) is 20.7 Å². The van der Waals surface area contributed by atoms with Gasteiger partial charge in [0.05, 0.1) is 0 Å². The van der Waals surface area contributed by atoms with Crippen LogP contribution >= 0.6 is 0 Å². The van der Waals surface area contributed by atoms with Gasteiger partial charge in [0, 0.05) is 33.6 Å². The van der Waals surface area contributed by atoms with Crippen molar-refractivity contribution in [3.05, 3.63) is 29.8 Å². The summed E-state index contributed by atoms with van der Waals surface area (Å²) in [4.78, 5) is 13.2. The fourth-order valence-electron chi connectivity index (χ4n) is 4.63. The van der Waals surface area contributed by atoms with Crippen molar-refractivity contribution in [2.75, 3.05) is 40.5 Å². The Morgan fingerprint density at radius 1 is 0.821 bits per heavy atom. The topological polar surface area (TPSA) is 68.2 Å². The molecular formula is C30H50F3NO5. The second-order valence-electron chi connectivity index (χ2n) is 10.2. The minimum atomic E-state index is -4.64. The number of hydrogen-bond acceptors (Lipinski definition) is 5.